The zero-order valence-corrected chi connectivity index (χ0v) is 9.91. The molecule has 0 aliphatic heterocycles. The van der Waals surface area contributed by atoms with E-state index in [0.717, 1.165) is 25.3 Å². The van der Waals surface area contributed by atoms with Crippen LogP contribution in [0.4, 0.5) is 26.3 Å². The molecule has 0 saturated carbocycles. The van der Waals surface area contributed by atoms with Crippen molar-refractivity contribution in [2.24, 2.45) is 0 Å². The standard InChI is InChI=1S/C13H6F6O/c1-20-6-4-2-3-5(8(6)14)7-9(15)11(17)13(19)12(18)10(7)16/h2-4H,1H3. The molecule has 0 amide bonds. The van der Waals surface area contributed by atoms with Crippen LogP contribution < -0.4 is 4.74 Å². The van der Waals surface area contributed by atoms with Gasteiger partial charge in [0.25, 0.3) is 0 Å². The van der Waals surface area contributed by atoms with Gasteiger partial charge in [0.05, 0.1) is 12.7 Å². The fourth-order valence-electron chi connectivity index (χ4n) is 1.70. The predicted molar refractivity (Wildman–Crippen MR) is 58.2 cm³/mol. The summed E-state index contributed by atoms with van der Waals surface area (Å²) in [6.07, 6.45) is 0. The Bertz CT molecular complexity index is 654. The van der Waals surface area contributed by atoms with Crippen molar-refractivity contribution in [2.75, 3.05) is 7.11 Å². The monoisotopic (exact) mass is 292 g/mol. The molecule has 0 saturated heterocycles. The minimum atomic E-state index is -2.30. The molecule has 0 atom stereocenters. The van der Waals surface area contributed by atoms with Gasteiger partial charge in [0.1, 0.15) is 0 Å². The van der Waals surface area contributed by atoms with Gasteiger partial charge in [-0.05, 0) is 6.07 Å². The molecule has 0 unspecified atom stereocenters. The molecule has 20 heavy (non-hydrogen) atoms. The number of methoxy groups -OCH3 is 1. The highest BCUT2D eigenvalue weighted by atomic mass is 19.2. The van der Waals surface area contributed by atoms with E-state index in [1.165, 1.54) is 0 Å². The number of rotatable bonds is 2. The van der Waals surface area contributed by atoms with Gasteiger partial charge in [0.2, 0.25) is 5.82 Å². The molecule has 0 heterocycles. The molecular weight excluding hydrogens is 286 g/mol. The molecule has 0 spiro atoms. The number of halogens is 6. The molecule has 2 aromatic carbocycles. The lowest BCUT2D eigenvalue weighted by Crippen LogP contribution is -2.05. The Balaban J connectivity index is 2.84. The normalized spacial score (nSPS) is 10.8. The van der Waals surface area contributed by atoms with Crippen molar-refractivity contribution < 1.29 is 31.1 Å². The Labute approximate surface area is 109 Å². The summed E-state index contributed by atoms with van der Waals surface area (Å²) in [5, 5.41) is 0. The van der Waals surface area contributed by atoms with Crippen molar-refractivity contribution >= 4 is 0 Å². The molecule has 7 heteroatoms. The van der Waals surface area contributed by atoms with Crippen LogP contribution in [0, 0.1) is 34.9 Å². The van der Waals surface area contributed by atoms with E-state index in [1.54, 1.807) is 0 Å². The van der Waals surface area contributed by atoms with Gasteiger partial charge in [-0.15, -0.1) is 0 Å². The summed E-state index contributed by atoms with van der Waals surface area (Å²) in [7, 11) is 1.10. The van der Waals surface area contributed by atoms with Crippen LogP contribution in [0.1, 0.15) is 0 Å². The fraction of sp³-hybridized carbons (Fsp3) is 0.0769. The smallest absolute Gasteiger partial charge is 0.200 e. The molecular formula is C13H6F6O. The Morgan fingerprint density at radius 3 is 1.70 bits per heavy atom. The summed E-state index contributed by atoms with van der Waals surface area (Å²) in [6.45, 7) is 0. The van der Waals surface area contributed by atoms with E-state index in [9.17, 15) is 26.3 Å². The van der Waals surface area contributed by atoms with Gasteiger partial charge >= 0.3 is 0 Å². The largest absolute Gasteiger partial charge is 0.494 e. The van der Waals surface area contributed by atoms with Gasteiger partial charge in [-0.25, -0.2) is 26.3 Å². The van der Waals surface area contributed by atoms with E-state index in [1.807, 2.05) is 0 Å². The second-order valence-electron chi connectivity index (χ2n) is 3.77. The summed E-state index contributed by atoms with van der Waals surface area (Å²) in [4.78, 5) is 0. The molecule has 0 aromatic heterocycles. The SMILES string of the molecule is COc1cccc(-c2c(F)c(F)c(F)c(F)c2F)c1F. The lowest BCUT2D eigenvalue weighted by Gasteiger charge is -2.11. The van der Waals surface area contributed by atoms with Crippen molar-refractivity contribution in [1.82, 2.24) is 0 Å². The lowest BCUT2D eigenvalue weighted by atomic mass is 10.0. The summed E-state index contributed by atoms with van der Waals surface area (Å²) in [5.74, 6) is -12.4. The van der Waals surface area contributed by atoms with Crippen LogP contribution in [-0.2, 0) is 0 Å². The van der Waals surface area contributed by atoms with Gasteiger partial charge in [-0.2, -0.15) is 0 Å². The topological polar surface area (TPSA) is 9.23 Å². The third-order valence-corrected chi connectivity index (χ3v) is 2.66. The average molecular weight is 292 g/mol. The first-order valence-corrected chi connectivity index (χ1v) is 5.24. The zero-order valence-electron chi connectivity index (χ0n) is 9.91. The van der Waals surface area contributed by atoms with Crippen LogP contribution in [0.25, 0.3) is 11.1 Å². The Kier molecular flexibility index (Phi) is 3.61. The Morgan fingerprint density at radius 1 is 0.700 bits per heavy atom. The van der Waals surface area contributed by atoms with Crippen molar-refractivity contribution in [3.8, 4) is 16.9 Å². The summed E-state index contributed by atoms with van der Waals surface area (Å²) < 4.78 is 84.7. The second kappa shape index (κ2) is 5.07. The van der Waals surface area contributed by atoms with Crippen LogP contribution >= 0.6 is 0 Å². The van der Waals surface area contributed by atoms with Crippen LogP contribution in [0.5, 0.6) is 5.75 Å². The molecule has 0 bridgehead atoms. The molecule has 1 nitrogen and oxygen atoms in total. The Hall–Kier alpha value is -2.18. The van der Waals surface area contributed by atoms with Crippen LogP contribution in [-0.4, -0.2) is 7.11 Å². The first kappa shape index (κ1) is 14.2. The maximum absolute atomic E-state index is 13.9. The zero-order chi connectivity index (χ0) is 15.0. The van der Waals surface area contributed by atoms with Crippen molar-refractivity contribution in [1.29, 1.82) is 0 Å². The minimum Gasteiger partial charge on any atom is -0.494 e. The molecule has 2 rings (SSSR count). The molecule has 0 aliphatic carbocycles. The molecule has 0 N–H and O–H groups in total. The van der Waals surface area contributed by atoms with E-state index in [-0.39, 0.29) is 5.75 Å². The minimum absolute atomic E-state index is 0.383. The van der Waals surface area contributed by atoms with Gasteiger partial charge in [-0.3, -0.25) is 0 Å². The van der Waals surface area contributed by atoms with E-state index >= 15 is 0 Å². The summed E-state index contributed by atoms with van der Waals surface area (Å²) in [6, 6.07) is 3.19. The van der Waals surface area contributed by atoms with Crippen molar-refractivity contribution in [2.45, 2.75) is 0 Å². The number of ether oxygens (including phenoxy) is 1. The van der Waals surface area contributed by atoms with Gasteiger partial charge in [-0.1, -0.05) is 12.1 Å². The first-order valence-electron chi connectivity index (χ1n) is 5.24. The number of hydrogen-bond donors (Lipinski definition) is 0. The number of benzene rings is 2. The highest BCUT2D eigenvalue weighted by Crippen LogP contribution is 2.35. The van der Waals surface area contributed by atoms with Gasteiger partial charge in [0, 0.05) is 5.56 Å². The molecule has 0 fully saturated rings. The third kappa shape index (κ3) is 1.99. The maximum atomic E-state index is 13.9. The van der Waals surface area contributed by atoms with Crippen molar-refractivity contribution in [3.63, 3.8) is 0 Å². The average Bonchev–Trinajstić information content (AvgIpc) is 2.45. The van der Waals surface area contributed by atoms with Crippen molar-refractivity contribution in [3.05, 3.63) is 53.1 Å². The highest BCUT2D eigenvalue weighted by molar-refractivity contribution is 5.67. The molecule has 2 aromatic rings. The van der Waals surface area contributed by atoms with E-state index in [4.69, 9.17) is 0 Å². The summed E-state index contributed by atoms with van der Waals surface area (Å²) in [5.41, 5.74) is -2.12. The fourth-order valence-corrected chi connectivity index (χ4v) is 1.70. The van der Waals surface area contributed by atoms with Crippen LogP contribution in [0.15, 0.2) is 18.2 Å². The van der Waals surface area contributed by atoms with E-state index < -0.39 is 46.0 Å². The first-order chi connectivity index (χ1) is 9.40. The second-order valence-corrected chi connectivity index (χ2v) is 3.77. The molecule has 106 valence electrons. The molecule has 0 aliphatic rings. The number of hydrogen-bond acceptors (Lipinski definition) is 1. The van der Waals surface area contributed by atoms with E-state index in [0.29, 0.717) is 0 Å². The third-order valence-electron chi connectivity index (χ3n) is 2.66. The lowest BCUT2D eigenvalue weighted by molar-refractivity contribution is 0.378. The maximum Gasteiger partial charge on any atom is 0.200 e. The summed E-state index contributed by atoms with van der Waals surface area (Å²) >= 11 is 0. The van der Waals surface area contributed by atoms with E-state index in [2.05, 4.69) is 4.74 Å². The molecule has 0 radical (unpaired) electrons. The predicted octanol–water partition coefficient (Wildman–Crippen LogP) is 4.20. The van der Waals surface area contributed by atoms with Crippen LogP contribution in [0.2, 0.25) is 0 Å². The quantitative estimate of drug-likeness (QED) is 0.458. The van der Waals surface area contributed by atoms with Gasteiger partial charge < -0.3 is 4.74 Å². The Morgan fingerprint density at radius 2 is 1.20 bits per heavy atom. The van der Waals surface area contributed by atoms with Crippen LogP contribution in [0.3, 0.4) is 0 Å². The van der Waals surface area contributed by atoms with Gasteiger partial charge in [0.15, 0.2) is 34.8 Å². The highest BCUT2D eigenvalue weighted by Gasteiger charge is 2.28.